The van der Waals surface area contributed by atoms with E-state index in [1.165, 1.54) is 29.2 Å². The lowest BCUT2D eigenvalue weighted by atomic mass is 10.0. The summed E-state index contributed by atoms with van der Waals surface area (Å²) in [6.45, 7) is 4.51. The van der Waals surface area contributed by atoms with Gasteiger partial charge in [-0.25, -0.2) is 0 Å². The first-order chi connectivity index (χ1) is 13.0. The van der Waals surface area contributed by atoms with E-state index in [1.54, 1.807) is 0 Å². The van der Waals surface area contributed by atoms with Crippen molar-refractivity contribution >= 4 is 23.1 Å². The Morgan fingerprint density at radius 3 is 2.33 bits per heavy atom. The molecule has 144 valence electrons. The number of nitrogens with zero attached hydrogens (tertiary/aromatic N) is 3. The first-order valence-corrected chi connectivity index (χ1v) is 9.22. The zero-order valence-corrected chi connectivity index (χ0v) is 15.3. The molecule has 2 amide bonds. The lowest BCUT2D eigenvalue weighted by Crippen LogP contribution is -2.40. The highest BCUT2D eigenvalue weighted by Crippen LogP contribution is 2.33. The molecule has 0 spiro atoms. The molecule has 2 aliphatic heterocycles. The minimum absolute atomic E-state index is 0.0520. The van der Waals surface area contributed by atoms with E-state index in [2.05, 4.69) is 6.92 Å². The molecule has 1 aromatic rings. The van der Waals surface area contributed by atoms with Gasteiger partial charge in [-0.1, -0.05) is 19.8 Å². The Bertz CT molecular complexity index is 766. The van der Waals surface area contributed by atoms with Gasteiger partial charge in [0.25, 0.3) is 17.5 Å². The van der Waals surface area contributed by atoms with Gasteiger partial charge in [0.15, 0.2) is 0 Å². The molecule has 27 heavy (non-hydrogen) atoms. The Morgan fingerprint density at radius 2 is 1.74 bits per heavy atom. The predicted molar refractivity (Wildman–Crippen MR) is 98.7 cm³/mol. The number of benzene rings is 1. The van der Waals surface area contributed by atoms with Gasteiger partial charge >= 0.3 is 0 Å². The topological polar surface area (TPSA) is 93.0 Å². The van der Waals surface area contributed by atoms with Crippen molar-refractivity contribution in [3.63, 3.8) is 0 Å². The highest BCUT2D eigenvalue weighted by Gasteiger charge is 2.41. The van der Waals surface area contributed by atoms with Gasteiger partial charge in [0.2, 0.25) is 0 Å². The number of non-ortho nitro benzene ring substituents is 1. The van der Waals surface area contributed by atoms with Crippen LogP contribution in [0.1, 0.15) is 31.7 Å². The number of imide groups is 1. The fraction of sp³-hybridized carbons (Fsp3) is 0.474. The summed E-state index contributed by atoms with van der Waals surface area (Å²) in [6.07, 6.45) is 2.70. The van der Waals surface area contributed by atoms with Crippen molar-refractivity contribution in [1.29, 1.82) is 0 Å². The number of hydrogen-bond acceptors (Lipinski definition) is 6. The van der Waals surface area contributed by atoms with Gasteiger partial charge in [-0.3, -0.25) is 24.6 Å². The molecule has 1 saturated heterocycles. The number of nitro benzene ring substituents is 1. The Balaban J connectivity index is 1.97. The fourth-order valence-corrected chi connectivity index (χ4v) is 3.38. The van der Waals surface area contributed by atoms with Crippen molar-refractivity contribution < 1.29 is 19.2 Å². The van der Waals surface area contributed by atoms with Crippen molar-refractivity contribution in [2.75, 3.05) is 32.8 Å². The second-order valence-electron chi connectivity index (χ2n) is 6.60. The van der Waals surface area contributed by atoms with Crippen LogP contribution in [0.4, 0.5) is 5.69 Å². The summed E-state index contributed by atoms with van der Waals surface area (Å²) in [4.78, 5) is 39.7. The third-order valence-electron chi connectivity index (χ3n) is 4.82. The minimum atomic E-state index is -0.486. The largest absolute Gasteiger partial charge is 0.378 e. The van der Waals surface area contributed by atoms with Crippen LogP contribution in [0.25, 0.3) is 5.57 Å². The molecule has 3 rings (SSSR count). The van der Waals surface area contributed by atoms with Crippen LogP contribution in [0.3, 0.4) is 0 Å². The van der Waals surface area contributed by atoms with E-state index < -0.39 is 4.92 Å². The highest BCUT2D eigenvalue weighted by atomic mass is 16.6. The molecule has 8 nitrogen and oxygen atoms in total. The second kappa shape index (κ2) is 8.30. The van der Waals surface area contributed by atoms with E-state index in [0.717, 1.165) is 19.3 Å². The van der Waals surface area contributed by atoms with Gasteiger partial charge in [-0.2, -0.15) is 0 Å². The summed E-state index contributed by atoms with van der Waals surface area (Å²) in [5.41, 5.74) is 1.18. The molecular formula is C19H23N3O5. The first-order valence-electron chi connectivity index (χ1n) is 9.22. The highest BCUT2D eigenvalue weighted by molar-refractivity contribution is 6.35. The molecule has 2 aliphatic rings. The number of hydrogen-bond donors (Lipinski definition) is 0. The Labute approximate surface area is 157 Å². The molecule has 1 fully saturated rings. The summed E-state index contributed by atoms with van der Waals surface area (Å²) in [5.74, 6) is -0.613. The molecule has 0 unspecified atom stereocenters. The molecule has 8 heteroatoms. The van der Waals surface area contributed by atoms with Crippen LogP contribution in [0, 0.1) is 10.1 Å². The number of morpholine rings is 1. The molecule has 0 aromatic heterocycles. The molecule has 0 N–H and O–H groups in total. The number of amides is 2. The number of carbonyl (C=O) groups excluding carboxylic acids is 2. The van der Waals surface area contributed by atoms with Gasteiger partial charge < -0.3 is 9.64 Å². The Kier molecular flexibility index (Phi) is 5.85. The van der Waals surface area contributed by atoms with Crippen LogP contribution in [-0.2, 0) is 14.3 Å². The van der Waals surface area contributed by atoms with Crippen LogP contribution < -0.4 is 0 Å². The maximum atomic E-state index is 13.0. The SMILES string of the molecule is CCCCCN1C(=O)C(c2ccc([N+](=O)[O-])cc2)=C(N2CCOCC2)C1=O. The molecule has 1 aromatic carbocycles. The molecule has 0 atom stereocenters. The molecule has 0 bridgehead atoms. The van der Waals surface area contributed by atoms with E-state index in [0.29, 0.717) is 49.7 Å². The number of ether oxygens (including phenoxy) is 1. The van der Waals surface area contributed by atoms with E-state index in [-0.39, 0.29) is 17.5 Å². The molecule has 2 heterocycles. The summed E-state index contributed by atoms with van der Waals surface area (Å²) in [7, 11) is 0. The van der Waals surface area contributed by atoms with E-state index in [9.17, 15) is 19.7 Å². The maximum Gasteiger partial charge on any atom is 0.277 e. The van der Waals surface area contributed by atoms with Crippen molar-refractivity contribution in [2.45, 2.75) is 26.2 Å². The summed E-state index contributed by atoms with van der Waals surface area (Å²) in [6, 6.07) is 5.79. The predicted octanol–water partition coefficient (Wildman–Crippen LogP) is 2.20. The van der Waals surface area contributed by atoms with Crippen LogP contribution in [0.2, 0.25) is 0 Å². The smallest absolute Gasteiger partial charge is 0.277 e. The van der Waals surface area contributed by atoms with Gasteiger partial charge in [0.05, 0.1) is 23.7 Å². The van der Waals surface area contributed by atoms with Crippen LogP contribution >= 0.6 is 0 Å². The molecule has 0 radical (unpaired) electrons. The molecule has 0 saturated carbocycles. The average Bonchev–Trinajstić information content (AvgIpc) is 2.93. The van der Waals surface area contributed by atoms with Crippen LogP contribution in [-0.4, -0.2) is 59.4 Å². The van der Waals surface area contributed by atoms with E-state index in [4.69, 9.17) is 4.74 Å². The number of unbranched alkanes of at least 4 members (excludes halogenated alkanes) is 2. The molecule has 0 aliphatic carbocycles. The van der Waals surface area contributed by atoms with Crippen molar-refractivity contribution in [3.05, 3.63) is 45.6 Å². The van der Waals surface area contributed by atoms with Gasteiger partial charge in [-0.15, -0.1) is 0 Å². The first kappa shape index (κ1) is 19.0. The molecular weight excluding hydrogens is 350 g/mol. The van der Waals surface area contributed by atoms with Crippen LogP contribution in [0.15, 0.2) is 30.0 Å². The average molecular weight is 373 g/mol. The Morgan fingerprint density at radius 1 is 1.07 bits per heavy atom. The monoisotopic (exact) mass is 373 g/mol. The van der Waals surface area contributed by atoms with Gasteiger partial charge in [-0.05, 0) is 24.1 Å². The maximum absolute atomic E-state index is 13.0. The zero-order valence-electron chi connectivity index (χ0n) is 15.3. The lowest BCUT2D eigenvalue weighted by Gasteiger charge is -2.29. The number of carbonyl (C=O) groups is 2. The number of rotatable bonds is 7. The van der Waals surface area contributed by atoms with Crippen molar-refractivity contribution in [2.24, 2.45) is 0 Å². The zero-order chi connectivity index (χ0) is 19.4. The summed E-state index contributed by atoms with van der Waals surface area (Å²) in [5, 5.41) is 10.9. The normalized spacial score (nSPS) is 17.8. The van der Waals surface area contributed by atoms with Gasteiger partial charge in [0, 0.05) is 31.8 Å². The van der Waals surface area contributed by atoms with Crippen molar-refractivity contribution in [1.82, 2.24) is 9.80 Å². The second-order valence-corrected chi connectivity index (χ2v) is 6.60. The Hall–Kier alpha value is -2.74. The summed E-state index contributed by atoms with van der Waals surface area (Å²) >= 11 is 0. The van der Waals surface area contributed by atoms with E-state index >= 15 is 0 Å². The minimum Gasteiger partial charge on any atom is -0.378 e. The standard InChI is InChI=1S/C19H23N3O5/c1-2-3-4-9-21-18(23)16(14-5-7-15(8-6-14)22(25)26)17(19(21)24)20-10-12-27-13-11-20/h5-8H,2-4,9-13H2,1H3. The number of nitro groups is 1. The van der Waals surface area contributed by atoms with Crippen molar-refractivity contribution in [3.8, 4) is 0 Å². The lowest BCUT2D eigenvalue weighted by molar-refractivity contribution is -0.384. The third kappa shape index (κ3) is 3.85. The van der Waals surface area contributed by atoms with Crippen LogP contribution in [0.5, 0.6) is 0 Å². The van der Waals surface area contributed by atoms with Gasteiger partial charge in [0.1, 0.15) is 5.70 Å². The fourth-order valence-electron chi connectivity index (χ4n) is 3.38. The summed E-state index contributed by atoms with van der Waals surface area (Å²) < 4.78 is 5.36. The van der Waals surface area contributed by atoms with E-state index in [1.807, 2.05) is 4.90 Å². The quantitative estimate of drug-likeness (QED) is 0.315. The third-order valence-corrected chi connectivity index (χ3v) is 4.82.